The first kappa shape index (κ1) is 23.4. The van der Waals surface area contributed by atoms with Gasteiger partial charge in [-0.3, -0.25) is 0 Å². The van der Waals surface area contributed by atoms with E-state index in [-0.39, 0.29) is 12.1 Å². The molecule has 1 fully saturated rings. The molecular formula is C24H33ClN6O2. The summed E-state index contributed by atoms with van der Waals surface area (Å²) in [5, 5.41) is 10.0. The normalized spacial score (nSPS) is 19.9. The minimum Gasteiger partial charge on any atom is -0.495 e. The van der Waals surface area contributed by atoms with Crippen molar-refractivity contribution < 1.29 is 9.53 Å². The second kappa shape index (κ2) is 10.5. The van der Waals surface area contributed by atoms with Crippen LogP contribution >= 0.6 is 11.6 Å². The lowest BCUT2D eigenvalue weighted by Gasteiger charge is -2.30. The van der Waals surface area contributed by atoms with Crippen LogP contribution in [-0.2, 0) is 12.8 Å². The van der Waals surface area contributed by atoms with E-state index in [9.17, 15) is 4.79 Å². The molecule has 8 nitrogen and oxygen atoms in total. The molecule has 0 atom stereocenters. The molecule has 1 heterocycles. The summed E-state index contributed by atoms with van der Waals surface area (Å²) in [5.41, 5.74) is 3.04. The van der Waals surface area contributed by atoms with Crippen LogP contribution in [0.25, 0.3) is 0 Å². The number of anilines is 3. The maximum atomic E-state index is 12.5. The monoisotopic (exact) mass is 472 g/mol. The smallest absolute Gasteiger partial charge is 0.319 e. The van der Waals surface area contributed by atoms with E-state index >= 15 is 0 Å². The van der Waals surface area contributed by atoms with E-state index in [2.05, 4.69) is 20.9 Å². The Bertz CT molecular complexity index is 991. The summed E-state index contributed by atoms with van der Waals surface area (Å²) in [6, 6.07) is 5.32. The molecule has 0 saturated heterocycles. The number of hydrogen-bond donors (Lipinski definition) is 3. The highest BCUT2D eigenvalue weighted by molar-refractivity contribution is 6.31. The number of benzene rings is 1. The largest absolute Gasteiger partial charge is 0.495 e. The predicted molar refractivity (Wildman–Crippen MR) is 133 cm³/mol. The molecule has 0 aliphatic heterocycles. The van der Waals surface area contributed by atoms with Crippen molar-refractivity contribution in [2.75, 3.05) is 36.7 Å². The second-order valence-electron chi connectivity index (χ2n) is 9.03. The molecule has 2 aromatic rings. The molecule has 0 bridgehead atoms. The molecule has 4 rings (SSSR count). The standard InChI is InChI=1S/C24H33ClN6O2/c1-31(2)22-18-6-4-5-7-19(18)28-23(30-22)26-16-9-11-17(12-10-16)27-24(32)29-20-14-15(25)8-13-21(20)33-3/h8,13-14,16-17H,4-7,9-12H2,1-3H3,(H,26,28,30)(H2,27,29,32)/t16-,17+. The van der Waals surface area contributed by atoms with Gasteiger partial charge in [0.05, 0.1) is 18.5 Å². The van der Waals surface area contributed by atoms with Crippen LogP contribution in [0.5, 0.6) is 5.75 Å². The summed E-state index contributed by atoms with van der Waals surface area (Å²) in [6.45, 7) is 0. The summed E-state index contributed by atoms with van der Waals surface area (Å²) in [4.78, 5) is 24.3. The maximum Gasteiger partial charge on any atom is 0.319 e. The van der Waals surface area contributed by atoms with Gasteiger partial charge in [0.1, 0.15) is 11.6 Å². The Hall–Kier alpha value is -2.74. The lowest BCUT2D eigenvalue weighted by atomic mass is 9.91. The summed E-state index contributed by atoms with van der Waals surface area (Å²) in [6.07, 6.45) is 8.16. The fraction of sp³-hybridized carbons (Fsp3) is 0.542. The zero-order valence-corrected chi connectivity index (χ0v) is 20.3. The number of nitrogens with zero attached hydrogens (tertiary/aromatic N) is 3. The number of methoxy groups -OCH3 is 1. The van der Waals surface area contributed by atoms with E-state index in [1.165, 1.54) is 24.1 Å². The zero-order valence-electron chi connectivity index (χ0n) is 19.6. The molecule has 1 aromatic carbocycles. The van der Waals surface area contributed by atoms with Crippen molar-refractivity contribution in [1.82, 2.24) is 15.3 Å². The van der Waals surface area contributed by atoms with Crippen molar-refractivity contribution in [1.29, 1.82) is 0 Å². The van der Waals surface area contributed by atoms with Gasteiger partial charge in [-0.25, -0.2) is 9.78 Å². The number of carbonyl (C=O) groups excluding carboxylic acids is 1. The van der Waals surface area contributed by atoms with Gasteiger partial charge < -0.3 is 25.6 Å². The highest BCUT2D eigenvalue weighted by Gasteiger charge is 2.25. The molecule has 9 heteroatoms. The summed E-state index contributed by atoms with van der Waals surface area (Å²) < 4.78 is 5.30. The van der Waals surface area contributed by atoms with Crippen molar-refractivity contribution in [2.45, 2.75) is 63.5 Å². The van der Waals surface area contributed by atoms with Crippen LogP contribution in [0, 0.1) is 0 Å². The van der Waals surface area contributed by atoms with Crippen LogP contribution in [0.15, 0.2) is 18.2 Å². The van der Waals surface area contributed by atoms with Crippen LogP contribution in [0.4, 0.5) is 22.2 Å². The number of aromatic nitrogens is 2. The fourth-order valence-corrected chi connectivity index (χ4v) is 4.87. The molecule has 1 aromatic heterocycles. The second-order valence-corrected chi connectivity index (χ2v) is 9.47. The minimum absolute atomic E-state index is 0.120. The van der Waals surface area contributed by atoms with E-state index in [4.69, 9.17) is 26.3 Å². The van der Waals surface area contributed by atoms with Crippen molar-refractivity contribution in [3.05, 3.63) is 34.5 Å². The van der Waals surface area contributed by atoms with Crippen molar-refractivity contribution in [3.63, 3.8) is 0 Å². The average molecular weight is 473 g/mol. The first-order valence-corrected chi connectivity index (χ1v) is 12.1. The first-order chi connectivity index (χ1) is 15.9. The summed E-state index contributed by atoms with van der Waals surface area (Å²) >= 11 is 6.05. The number of ether oxygens (including phenoxy) is 1. The Labute approximate surface area is 200 Å². The van der Waals surface area contributed by atoms with E-state index in [0.29, 0.717) is 22.5 Å². The quantitative estimate of drug-likeness (QED) is 0.567. The van der Waals surface area contributed by atoms with Crippen LogP contribution in [-0.4, -0.2) is 49.3 Å². The number of halogens is 1. The number of urea groups is 1. The molecule has 2 aliphatic carbocycles. The fourth-order valence-electron chi connectivity index (χ4n) is 4.70. The SMILES string of the molecule is COc1ccc(Cl)cc1NC(=O)N[C@H]1CC[C@@H](Nc2nc3c(c(N(C)C)n2)CCCC3)CC1. The maximum absolute atomic E-state index is 12.5. The first-order valence-electron chi connectivity index (χ1n) is 11.7. The topological polar surface area (TPSA) is 91.4 Å². The zero-order chi connectivity index (χ0) is 23.4. The average Bonchev–Trinajstić information content (AvgIpc) is 2.80. The van der Waals surface area contributed by atoms with Gasteiger partial charge in [-0.1, -0.05) is 11.6 Å². The van der Waals surface area contributed by atoms with Crippen molar-refractivity contribution in [2.24, 2.45) is 0 Å². The Balaban J connectivity index is 1.31. The molecule has 0 spiro atoms. The van der Waals surface area contributed by atoms with Gasteiger partial charge in [0, 0.05) is 36.8 Å². The Morgan fingerprint density at radius 3 is 2.55 bits per heavy atom. The highest BCUT2D eigenvalue weighted by atomic mass is 35.5. The molecule has 178 valence electrons. The van der Waals surface area contributed by atoms with Crippen molar-refractivity contribution in [3.8, 4) is 5.75 Å². The number of amides is 2. The number of hydrogen-bond acceptors (Lipinski definition) is 6. The van der Waals surface area contributed by atoms with Gasteiger partial charge >= 0.3 is 6.03 Å². The summed E-state index contributed by atoms with van der Waals surface area (Å²) in [5.74, 6) is 2.33. The van der Waals surface area contributed by atoms with Crippen LogP contribution < -0.4 is 25.6 Å². The Morgan fingerprint density at radius 1 is 1.09 bits per heavy atom. The van der Waals surface area contributed by atoms with Crippen LogP contribution in [0.2, 0.25) is 5.02 Å². The number of aryl methyl sites for hydroxylation is 1. The molecule has 3 N–H and O–H groups in total. The number of nitrogens with one attached hydrogen (secondary N) is 3. The minimum atomic E-state index is -0.249. The van der Waals surface area contributed by atoms with Gasteiger partial charge in [0.2, 0.25) is 5.95 Å². The third-order valence-electron chi connectivity index (χ3n) is 6.39. The number of carbonyl (C=O) groups is 1. The summed E-state index contributed by atoms with van der Waals surface area (Å²) in [7, 11) is 5.65. The van der Waals surface area contributed by atoms with E-state index in [1.54, 1.807) is 25.3 Å². The Morgan fingerprint density at radius 2 is 1.82 bits per heavy atom. The van der Waals surface area contributed by atoms with Gasteiger partial charge in [-0.05, 0) is 69.6 Å². The number of rotatable bonds is 6. The lowest BCUT2D eigenvalue weighted by molar-refractivity contribution is 0.243. The molecular weight excluding hydrogens is 440 g/mol. The van der Waals surface area contributed by atoms with Crippen LogP contribution in [0.1, 0.15) is 49.8 Å². The molecule has 2 amide bonds. The van der Waals surface area contributed by atoms with Gasteiger partial charge in [0.25, 0.3) is 0 Å². The molecule has 33 heavy (non-hydrogen) atoms. The Kier molecular flexibility index (Phi) is 7.42. The van der Waals surface area contributed by atoms with Gasteiger partial charge in [-0.15, -0.1) is 0 Å². The molecule has 0 unspecified atom stereocenters. The predicted octanol–water partition coefficient (Wildman–Crippen LogP) is 4.63. The van der Waals surface area contributed by atoms with Crippen LogP contribution in [0.3, 0.4) is 0 Å². The number of fused-ring (bicyclic) bond motifs is 1. The van der Waals surface area contributed by atoms with E-state index in [1.807, 2.05) is 14.1 Å². The van der Waals surface area contributed by atoms with Gasteiger partial charge in [-0.2, -0.15) is 4.98 Å². The highest BCUT2D eigenvalue weighted by Crippen LogP contribution is 2.30. The third kappa shape index (κ3) is 5.79. The van der Waals surface area contributed by atoms with E-state index < -0.39 is 0 Å². The van der Waals surface area contributed by atoms with E-state index in [0.717, 1.165) is 50.3 Å². The molecule has 1 saturated carbocycles. The third-order valence-corrected chi connectivity index (χ3v) is 6.63. The van der Waals surface area contributed by atoms with Gasteiger partial charge in [0.15, 0.2) is 0 Å². The van der Waals surface area contributed by atoms with Crippen molar-refractivity contribution >= 4 is 35.1 Å². The lowest BCUT2D eigenvalue weighted by Crippen LogP contribution is -2.42. The molecule has 0 radical (unpaired) electrons. The molecule has 2 aliphatic rings.